The molecule has 2 N–H and O–H groups in total. The molecule has 1 atom stereocenters. The van der Waals surface area contributed by atoms with Crippen LogP contribution < -0.4 is 5.32 Å². The topological polar surface area (TPSA) is 71.2 Å². The van der Waals surface area contributed by atoms with E-state index in [4.69, 9.17) is 4.74 Å². The van der Waals surface area contributed by atoms with Crippen molar-refractivity contribution in [2.24, 2.45) is 0 Å². The number of nitrogens with one attached hydrogen (secondary N) is 2. The standard InChI is InChI=1S/C20H24N2O3/c1-11(2)25-20(24)17-12(3)18(21-13(17)4)19(23)22-16-10-9-14-7-5-6-8-15(14)16/h5-8,11,16,21H,9-10H2,1-4H3,(H,22,23). The highest BCUT2D eigenvalue weighted by Gasteiger charge is 2.27. The van der Waals surface area contributed by atoms with Gasteiger partial charge in [-0.1, -0.05) is 24.3 Å². The molecule has 25 heavy (non-hydrogen) atoms. The first-order chi connectivity index (χ1) is 11.9. The lowest BCUT2D eigenvalue weighted by atomic mass is 10.1. The molecule has 1 heterocycles. The number of aromatic nitrogens is 1. The number of aromatic amines is 1. The van der Waals surface area contributed by atoms with E-state index in [1.165, 1.54) is 11.1 Å². The molecule has 132 valence electrons. The summed E-state index contributed by atoms with van der Waals surface area (Å²) in [5.74, 6) is -0.586. The molecule has 0 bridgehead atoms. The van der Waals surface area contributed by atoms with Gasteiger partial charge in [0, 0.05) is 5.69 Å². The van der Waals surface area contributed by atoms with Gasteiger partial charge >= 0.3 is 5.97 Å². The molecular weight excluding hydrogens is 316 g/mol. The van der Waals surface area contributed by atoms with E-state index < -0.39 is 5.97 Å². The fraction of sp³-hybridized carbons (Fsp3) is 0.400. The van der Waals surface area contributed by atoms with Crippen LogP contribution in [0.25, 0.3) is 0 Å². The maximum atomic E-state index is 12.7. The van der Waals surface area contributed by atoms with Crippen LogP contribution in [0.2, 0.25) is 0 Å². The van der Waals surface area contributed by atoms with Gasteiger partial charge in [0.25, 0.3) is 5.91 Å². The van der Waals surface area contributed by atoms with Gasteiger partial charge in [-0.15, -0.1) is 0 Å². The van der Waals surface area contributed by atoms with Crippen molar-refractivity contribution < 1.29 is 14.3 Å². The molecule has 1 aromatic carbocycles. The van der Waals surface area contributed by atoms with Crippen molar-refractivity contribution in [1.29, 1.82) is 0 Å². The van der Waals surface area contributed by atoms with Crippen molar-refractivity contribution >= 4 is 11.9 Å². The van der Waals surface area contributed by atoms with E-state index in [-0.39, 0.29) is 18.1 Å². The Morgan fingerprint density at radius 3 is 2.68 bits per heavy atom. The number of aryl methyl sites for hydroxylation is 2. The second kappa shape index (κ2) is 6.75. The largest absolute Gasteiger partial charge is 0.459 e. The fourth-order valence-corrected chi connectivity index (χ4v) is 3.49. The molecule has 0 radical (unpaired) electrons. The van der Waals surface area contributed by atoms with E-state index >= 15 is 0 Å². The molecule has 1 amide bonds. The molecule has 0 saturated heterocycles. The van der Waals surface area contributed by atoms with Crippen LogP contribution in [0.4, 0.5) is 0 Å². The molecule has 0 saturated carbocycles. The van der Waals surface area contributed by atoms with Crippen molar-refractivity contribution in [2.75, 3.05) is 0 Å². The van der Waals surface area contributed by atoms with Gasteiger partial charge < -0.3 is 15.0 Å². The number of fused-ring (bicyclic) bond motifs is 1. The van der Waals surface area contributed by atoms with Crippen molar-refractivity contribution in [2.45, 2.75) is 52.7 Å². The first kappa shape index (κ1) is 17.3. The van der Waals surface area contributed by atoms with Crippen molar-refractivity contribution in [3.8, 4) is 0 Å². The van der Waals surface area contributed by atoms with Gasteiger partial charge in [0.2, 0.25) is 0 Å². The summed E-state index contributed by atoms with van der Waals surface area (Å²) in [7, 11) is 0. The number of carbonyl (C=O) groups excluding carboxylic acids is 2. The Balaban J connectivity index is 1.81. The van der Waals surface area contributed by atoms with E-state index in [0.717, 1.165) is 12.8 Å². The summed E-state index contributed by atoms with van der Waals surface area (Å²) in [5.41, 5.74) is 4.62. The zero-order chi connectivity index (χ0) is 18.1. The highest BCUT2D eigenvalue weighted by molar-refractivity contribution is 6.00. The van der Waals surface area contributed by atoms with Crippen molar-refractivity contribution in [1.82, 2.24) is 10.3 Å². The molecule has 1 unspecified atom stereocenters. The van der Waals surface area contributed by atoms with Crippen molar-refractivity contribution in [3.63, 3.8) is 0 Å². The second-order valence-electron chi connectivity index (χ2n) is 6.84. The molecule has 1 aliphatic carbocycles. The fourth-order valence-electron chi connectivity index (χ4n) is 3.49. The van der Waals surface area contributed by atoms with Gasteiger partial charge in [0.15, 0.2) is 0 Å². The summed E-state index contributed by atoms with van der Waals surface area (Å²) in [6, 6.07) is 8.19. The molecule has 0 aliphatic heterocycles. The molecule has 3 rings (SSSR count). The molecule has 5 nitrogen and oxygen atoms in total. The van der Waals surface area contributed by atoms with Crippen LogP contribution in [0.15, 0.2) is 24.3 Å². The van der Waals surface area contributed by atoms with Crippen LogP contribution in [-0.4, -0.2) is 23.0 Å². The van der Waals surface area contributed by atoms with E-state index in [0.29, 0.717) is 22.5 Å². The molecule has 0 fully saturated rings. The number of ether oxygens (including phenoxy) is 1. The van der Waals surface area contributed by atoms with E-state index in [2.05, 4.69) is 22.4 Å². The molecule has 1 aromatic heterocycles. The smallest absolute Gasteiger partial charge is 0.340 e. The van der Waals surface area contributed by atoms with Crippen LogP contribution in [-0.2, 0) is 11.2 Å². The first-order valence-electron chi connectivity index (χ1n) is 8.67. The Morgan fingerprint density at radius 1 is 1.24 bits per heavy atom. The number of amides is 1. The third-order valence-corrected chi connectivity index (χ3v) is 4.65. The number of rotatable bonds is 4. The minimum Gasteiger partial charge on any atom is -0.459 e. The predicted octanol–water partition coefficient (Wildman–Crippen LogP) is 3.61. The number of hydrogen-bond acceptors (Lipinski definition) is 3. The lowest BCUT2D eigenvalue weighted by molar-refractivity contribution is 0.0376. The van der Waals surface area contributed by atoms with Gasteiger partial charge in [-0.25, -0.2) is 4.79 Å². The van der Waals surface area contributed by atoms with Crippen molar-refractivity contribution in [3.05, 3.63) is 57.9 Å². The number of benzene rings is 1. The second-order valence-corrected chi connectivity index (χ2v) is 6.84. The zero-order valence-corrected chi connectivity index (χ0v) is 15.1. The van der Waals surface area contributed by atoms with Gasteiger partial charge in [-0.3, -0.25) is 4.79 Å². The Labute approximate surface area is 147 Å². The minimum atomic E-state index is -0.397. The Hall–Kier alpha value is -2.56. The third-order valence-electron chi connectivity index (χ3n) is 4.65. The first-order valence-corrected chi connectivity index (χ1v) is 8.67. The number of esters is 1. The Kier molecular flexibility index (Phi) is 4.66. The predicted molar refractivity (Wildman–Crippen MR) is 95.8 cm³/mol. The van der Waals surface area contributed by atoms with Gasteiger partial charge in [0.05, 0.1) is 17.7 Å². The number of hydrogen-bond donors (Lipinski definition) is 2. The molecule has 5 heteroatoms. The summed E-state index contributed by atoms with van der Waals surface area (Å²) >= 11 is 0. The Bertz CT molecular complexity index is 820. The van der Waals surface area contributed by atoms with Crippen LogP contribution in [0.3, 0.4) is 0 Å². The lowest BCUT2D eigenvalue weighted by Gasteiger charge is -2.14. The average molecular weight is 340 g/mol. The summed E-state index contributed by atoms with van der Waals surface area (Å²) in [4.78, 5) is 28.1. The average Bonchev–Trinajstić information content (AvgIpc) is 3.08. The van der Waals surface area contributed by atoms with E-state index in [9.17, 15) is 9.59 Å². The van der Waals surface area contributed by atoms with E-state index in [1.807, 2.05) is 12.1 Å². The summed E-state index contributed by atoms with van der Waals surface area (Å²) < 4.78 is 5.28. The lowest BCUT2D eigenvalue weighted by Crippen LogP contribution is -2.28. The Morgan fingerprint density at radius 2 is 1.96 bits per heavy atom. The highest BCUT2D eigenvalue weighted by atomic mass is 16.5. The quantitative estimate of drug-likeness (QED) is 0.835. The summed E-state index contributed by atoms with van der Waals surface area (Å²) in [6.45, 7) is 7.17. The third kappa shape index (κ3) is 3.31. The SMILES string of the molecule is Cc1[nH]c(C(=O)NC2CCc3ccccc32)c(C)c1C(=O)OC(C)C. The van der Waals surface area contributed by atoms with Crippen LogP contribution in [0.1, 0.15) is 69.5 Å². The molecule has 1 aliphatic rings. The molecule has 2 aromatic rings. The minimum absolute atomic E-state index is 0.0118. The van der Waals surface area contributed by atoms with Crippen LogP contribution in [0.5, 0.6) is 0 Å². The summed E-state index contributed by atoms with van der Waals surface area (Å²) in [6.07, 6.45) is 1.66. The summed E-state index contributed by atoms with van der Waals surface area (Å²) in [5, 5.41) is 3.09. The van der Waals surface area contributed by atoms with Crippen LogP contribution in [0, 0.1) is 13.8 Å². The van der Waals surface area contributed by atoms with Crippen LogP contribution >= 0.6 is 0 Å². The van der Waals surface area contributed by atoms with Gasteiger partial charge in [-0.2, -0.15) is 0 Å². The molecular formula is C20H24N2O3. The normalized spacial score (nSPS) is 16.0. The maximum absolute atomic E-state index is 12.7. The number of carbonyl (C=O) groups is 2. The van der Waals surface area contributed by atoms with Gasteiger partial charge in [0.1, 0.15) is 5.69 Å². The van der Waals surface area contributed by atoms with E-state index in [1.54, 1.807) is 27.7 Å². The molecule has 0 spiro atoms. The van der Waals surface area contributed by atoms with Gasteiger partial charge in [-0.05, 0) is 57.2 Å². The zero-order valence-electron chi connectivity index (χ0n) is 15.1. The maximum Gasteiger partial charge on any atom is 0.340 e. The highest BCUT2D eigenvalue weighted by Crippen LogP contribution is 2.31. The monoisotopic (exact) mass is 340 g/mol. The number of H-pyrrole nitrogens is 1.